The summed E-state index contributed by atoms with van der Waals surface area (Å²) in [5, 5.41) is 10.6. The van der Waals surface area contributed by atoms with E-state index in [-0.39, 0.29) is 0 Å². The van der Waals surface area contributed by atoms with E-state index in [9.17, 15) is 5.11 Å². The molecule has 1 unspecified atom stereocenters. The zero-order valence-corrected chi connectivity index (χ0v) is 11.3. The van der Waals surface area contributed by atoms with E-state index >= 15 is 0 Å². The monoisotopic (exact) mass is 254 g/mol. The van der Waals surface area contributed by atoms with Crippen molar-refractivity contribution in [2.24, 2.45) is 0 Å². The Balaban J connectivity index is 1.99. The third kappa shape index (κ3) is 2.29. The lowest BCUT2D eigenvalue weighted by Gasteiger charge is -2.16. The Morgan fingerprint density at radius 2 is 1.79 bits per heavy atom. The van der Waals surface area contributed by atoms with Gasteiger partial charge in [-0.3, -0.25) is 0 Å². The van der Waals surface area contributed by atoms with E-state index < -0.39 is 6.10 Å². The average molecular weight is 254 g/mol. The van der Waals surface area contributed by atoms with Crippen molar-refractivity contribution in [2.45, 2.75) is 33.2 Å². The molecule has 0 aliphatic carbocycles. The second kappa shape index (κ2) is 4.80. The van der Waals surface area contributed by atoms with E-state index in [0.717, 1.165) is 16.7 Å². The molecule has 0 amide bonds. The smallest absolute Gasteiger partial charge is 0.104 e. The van der Waals surface area contributed by atoms with Gasteiger partial charge < -0.3 is 9.84 Å². The first-order valence-corrected chi connectivity index (χ1v) is 6.60. The molecule has 2 heteroatoms. The van der Waals surface area contributed by atoms with Crippen LogP contribution in [-0.4, -0.2) is 5.11 Å². The molecule has 2 aromatic carbocycles. The highest BCUT2D eigenvalue weighted by Gasteiger charge is 2.17. The second-order valence-electron chi connectivity index (χ2n) is 5.28. The molecule has 0 aromatic heterocycles. The lowest BCUT2D eigenvalue weighted by atomic mass is 9.94. The number of aliphatic hydroxyl groups is 1. The largest absolute Gasteiger partial charge is 0.384 e. The highest BCUT2D eigenvalue weighted by molar-refractivity contribution is 5.41. The molecule has 1 atom stereocenters. The van der Waals surface area contributed by atoms with Gasteiger partial charge in [-0.1, -0.05) is 42.0 Å². The minimum atomic E-state index is -0.564. The van der Waals surface area contributed by atoms with Crippen LogP contribution in [0.4, 0.5) is 0 Å². The zero-order valence-electron chi connectivity index (χ0n) is 11.3. The maximum absolute atomic E-state index is 10.6. The van der Waals surface area contributed by atoms with Crippen molar-refractivity contribution in [3.05, 3.63) is 69.8 Å². The lowest BCUT2D eigenvalue weighted by molar-refractivity contribution is 0.134. The van der Waals surface area contributed by atoms with Gasteiger partial charge in [-0.05, 0) is 41.7 Å². The van der Waals surface area contributed by atoms with Crippen molar-refractivity contribution < 1.29 is 9.84 Å². The number of fused-ring (bicyclic) bond motifs is 1. The van der Waals surface area contributed by atoms with Gasteiger partial charge in [0.15, 0.2) is 0 Å². The van der Waals surface area contributed by atoms with Gasteiger partial charge >= 0.3 is 0 Å². The third-order valence-corrected chi connectivity index (χ3v) is 3.79. The molecule has 1 aliphatic heterocycles. The first-order valence-electron chi connectivity index (χ1n) is 6.60. The number of ether oxygens (including phenoxy) is 1. The molecule has 0 spiro atoms. The van der Waals surface area contributed by atoms with Crippen molar-refractivity contribution >= 4 is 0 Å². The van der Waals surface area contributed by atoms with Crippen molar-refractivity contribution in [1.82, 2.24) is 0 Å². The minimum Gasteiger partial charge on any atom is -0.384 e. The van der Waals surface area contributed by atoms with Crippen LogP contribution >= 0.6 is 0 Å². The number of hydrogen-bond donors (Lipinski definition) is 1. The molecule has 19 heavy (non-hydrogen) atoms. The maximum atomic E-state index is 10.6. The van der Waals surface area contributed by atoms with E-state index in [1.54, 1.807) is 0 Å². The topological polar surface area (TPSA) is 29.5 Å². The Morgan fingerprint density at radius 3 is 2.63 bits per heavy atom. The number of aliphatic hydroxyl groups excluding tert-OH is 1. The molecular weight excluding hydrogens is 236 g/mol. The molecule has 2 aromatic rings. The van der Waals surface area contributed by atoms with Gasteiger partial charge in [0.05, 0.1) is 13.2 Å². The van der Waals surface area contributed by atoms with Crippen LogP contribution in [0.1, 0.15) is 39.5 Å². The fraction of sp³-hybridized carbons (Fsp3) is 0.294. The summed E-state index contributed by atoms with van der Waals surface area (Å²) < 4.78 is 5.42. The van der Waals surface area contributed by atoms with Gasteiger partial charge in [-0.2, -0.15) is 0 Å². The van der Waals surface area contributed by atoms with Crippen molar-refractivity contribution in [2.75, 3.05) is 0 Å². The van der Waals surface area contributed by atoms with Gasteiger partial charge in [-0.15, -0.1) is 0 Å². The van der Waals surface area contributed by atoms with Crippen LogP contribution in [0.2, 0.25) is 0 Å². The fourth-order valence-corrected chi connectivity index (χ4v) is 2.60. The summed E-state index contributed by atoms with van der Waals surface area (Å²) >= 11 is 0. The highest BCUT2D eigenvalue weighted by atomic mass is 16.5. The van der Waals surface area contributed by atoms with Crippen molar-refractivity contribution in [1.29, 1.82) is 0 Å². The van der Waals surface area contributed by atoms with Crippen LogP contribution in [0, 0.1) is 13.8 Å². The molecule has 1 aliphatic rings. The first kappa shape index (κ1) is 12.4. The Kier molecular flexibility index (Phi) is 3.13. The predicted molar refractivity (Wildman–Crippen MR) is 74.9 cm³/mol. The molecule has 3 rings (SSSR count). The van der Waals surface area contributed by atoms with E-state index in [1.165, 1.54) is 16.7 Å². The van der Waals surface area contributed by atoms with E-state index in [2.05, 4.69) is 30.3 Å². The van der Waals surface area contributed by atoms with Crippen LogP contribution in [-0.2, 0) is 18.0 Å². The Bertz CT molecular complexity index is 617. The molecule has 0 bridgehead atoms. The summed E-state index contributed by atoms with van der Waals surface area (Å²) in [5.41, 5.74) is 6.65. The Labute approximate surface area is 113 Å². The quantitative estimate of drug-likeness (QED) is 0.890. The Hall–Kier alpha value is -1.64. The van der Waals surface area contributed by atoms with Crippen LogP contribution in [0.15, 0.2) is 36.4 Å². The Morgan fingerprint density at radius 1 is 1.00 bits per heavy atom. The van der Waals surface area contributed by atoms with E-state index in [1.807, 2.05) is 19.9 Å². The molecule has 0 saturated carbocycles. The highest BCUT2D eigenvalue weighted by Crippen LogP contribution is 2.29. The van der Waals surface area contributed by atoms with Crippen molar-refractivity contribution in [3.8, 4) is 0 Å². The number of benzene rings is 2. The summed E-state index contributed by atoms with van der Waals surface area (Å²) in [5.74, 6) is 0. The van der Waals surface area contributed by atoms with Gasteiger partial charge in [-0.25, -0.2) is 0 Å². The van der Waals surface area contributed by atoms with E-state index in [4.69, 9.17) is 4.74 Å². The molecular formula is C17H18O2. The molecule has 2 nitrogen and oxygen atoms in total. The minimum absolute atomic E-state index is 0.564. The van der Waals surface area contributed by atoms with Gasteiger partial charge in [0.25, 0.3) is 0 Å². The summed E-state index contributed by atoms with van der Waals surface area (Å²) in [6.45, 7) is 5.43. The zero-order chi connectivity index (χ0) is 13.4. The normalized spacial score (nSPS) is 15.3. The molecule has 0 radical (unpaired) electrons. The first-order chi connectivity index (χ1) is 9.15. The second-order valence-corrected chi connectivity index (χ2v) is 5.28. The molecule has 1 N–H and O–H groups in total. The van der Waals surface area contributed by atoms with Crippen LogP contribution < -0.4 is 0 Å². The van der Waals surface area contributed by atoms with E-state index in [0.29, 0.717) is 13.2 Å². The molecule has 98 valence electrons. The fourth-order valence-electron chi connectivity index (χ4n) is 2.60. The number of aryl methyl sites for hydroxylation is 2. The SMILES string of the molecule is Cc1ccc(C)c(C(O)c2ccc3c(c2)COC3)c1. The van der Waals surface area contributed by atoms with Gasteiger partial charge in [0.2, 0.25) is 0 Å². The van der Waals surface area contributed by atoms with Crippen LogP contribution in [0.5, 0.6) is 0 Å². The average Bonchev–Trinajstić information content (AvgIpc) is 2.88. The molecule has 0 saturated heterocycles. The summed E-state index contributed by atoms with van der Waals surface area (Å²) in [6.07, 6.45) is -0.564. The predicted octanol–water partition coefficient (Wildman–Crippen LogP) is 3.42. The number of rotatable bonds is 2. The van der Waals surface area contributed by atoms with Gasteiger partial charge in [0, 0.05) is 0 Å². The summed E-state index contributed by atoms with van der Waals surface area (Å²) in [4.78, 5) is 0. The molecule has 1 heterocycles. The van der Waals surface area contributed by atoms with Crippen LogP contribution in [0.3, 0.4) is 0 Å². The summed E-state index contributed by atoms with van der Waals surface area (Å²) in [6, 6.07) is 12.3. The van der Waals surface area contributed by atoms with Crippen LogP contribution in [0.25, 0.3) is 0 Å². The standard InChI is InChI=1S/C17H18O2/c1-11-3-4-12(2)16(7-11)17(18)13-5-6-14-9-19-10-15(14)8-13/h3-8,17-18H,9-10H2,1-2H3. The third-order valence-electron chi connectivity index (χ3n) is 3.79. The maximum Gasteiger partial charge on any atom is 0.104 e. The summed E-state index contributed by atoms with van der Waals surface area (Å²) in [7, 11) is 0. The number of hydrogen-bond acceptors (Lipinski definition) is 2. The lowest BCUT2D eigenvalue weighted by Crippen LogP contribution is -2.03. The molecule has 0 fully saturated rings. The van der Waals surface area contributed by atoms with Gasteiger partial charge in [0.1, 0.15) is 6.10 Å². The van der Waals surface area contributed by atoms with Crippen molar-refractivity contribution in [3.63, 3.8) is 0 Å².